The van der Waals surface area contributed by atoms with Gasteiger partial charge in [0.05, 0.1) is 5.56 Å². The molecule has 0 spiro atoms. The van der Waals surface area contributed by atoms with Crippen LogP contribution in [0.1, 0.15) is 41.7 Å². The minimum atomic E-state index is -0.884. The van der Waals surface area contributed by atoms with Crippen molar-refractivity contribution in [2.45, 2.75) is 31.8 Å². The Bertz CT molecular complexity index is 432. The van der Waals surface area contributed by atoms with Crippen LogP contribution in [0.5, 0.6) is 0 Å². The first-order valence-corrected chi connectivity index (χ1v) is 6.46. The van der Waals surface area contributed by atoms with Gasteiger partial charge < -0.3 is 10.8 Å². The van der Waals surface area contributed by atoms with E-state index in [9.17, 15) is 4.79 Å². The molecule has 2 unspecified atom stereocenters. The SMILES string of the molecule is CCCN1CCC(N)C1c1cccc(C(=O)O)c1. The number of likely N-dealkylation sites (tertiary alicyclic amines) is 1. The number of aromatic carboxylic acids is 1. The average Bonchev–Trinajstić information content (AvgIpc) is 2.71. The topological polar surface area (TPSA) is 66.6 Å². The molecule has 18 heavy (non-hydrogen) atoms. The maximum absolute atomic E-state index is 11.0. The Kier molecular flexibility index (Phi) is 3.99. The lowest BCUT2D eigenvalue weighted by atomic mass is 9.98. The highest BCUT2D eigenvalue weighted by Gasteiger charge is 2.32. The van der Waals surface area contributed by atoms with E-state index in [4.69, 9.17) is 10.8 Å². The quantitative estimate of drug-likeness (QED) is 0.853. The van der Waals surface area contributed by atoms with Crippen LogP contribution >= 0.6 is 0 Å². The molecule has 4 heteroatoms. The van der Waals surface area contributed by atoms with Crippen LogP contribution < -0.4 is 5.73 Å². The maximum Gasteiger partial charge on any atom is 0.335 e. The predicted octanol–water partition coefficient (Wildman–Crippen LogP) is 1.87. The van der Waals surface area contributed by atoms with Crippen LogP contribution in [-0.4, -0.2) is 35.1 Å². The Hall–Kier alpha value is -1.39. The van der Waals surface area contributed by atoms with Crippen molar-refractivity contribution in [2.24, 2.45) is 5.73 Å². The zero-order chi connectivity index (χ0) is 13.1. The molecular weight excluding hydrogens is 228 g/mol. The van der Waals surface area contributed by atoms with E-state index in [2.05, 4.69) is 11.8 Å². The molecule has 4 nitrogen and oxygen atoms in total. The van der Waals surface area contributed by atoms with Gasteiger partial charge in [0.25, 0.3) is 0 Å². The van der Waals surface area contributed by atoms with Gasteiger partial charge in [-0.2, -0.15) is 0 Å². The van der Waals surface area contributed by atoms with Gasteiger partial charge in [-0.05, 0) is 37.1 Å². The van der Waals surface area contributed by atoms with Crippen molar-refractivity contribution in [3.8, 4) is 0 Å². The van der Waals surface area contributed by atoms with Gasteiger partial charge in [0.2, 0.25) is 0 Å². The third-order valence-corrected chi connectivity index (χ3v) is 3.53. The van der Waals surface area contributed by atoms with Crippen LogP contribution in [0, 0.1) is 0 Å². The smallest absolute Gasteiger partial charge is 0.335 e. The summed E-state index contributed by atoms with van der Waals surface area (Å²) in [7, 11) is 0. The molecule has 0 saturated carbocycles. The monoisotopic (exact) mass is 248 g/mol. The Morgan fingerprint density at radius 1 is 1.56 bits per heavy atom. The van der Waals surface area contributed by atoms with Gasteiger partial charge in [0.1, 0.15) is 0 Å². The van der Waals surface area contributed by atoms with E-state index in [-0.39, 0.29) is 12.1 Å². The van der Waals surface area contributed by atoms with Crippen LogP contribution in [0.15, 0.2) is 24.3 Å². The summed E-state index contributed by atoms with van der Waals surface area (Å²) in [4.78, 5) is 13.4. The number of carboxylic acids is 1. The van der Waals surface area contributed by atoms with Crippen LogP contribution in [0.2, 0.25) is 0 Å². The predicted molar refractivity (Wildman–Crippen MR) is 70.6 cm³/mol. The molecule has 98 valence electrons. The summed E-state index contributed by atoms with van der Waals surface area (Å²) in [5.74, 6) is -0.884. The molecule has 2 rings (SSSR count). The van der Waals surface area contributed by atoms with Gasteiger partial charge in [0.15, 0.2) is 0 Å². The Morgan fingerprint density at radius 3 is 3.00 bits per heavy atom. The number of rotatable bonds is 4. The van der Waals surface area contributed by atoms with Crippen molar-refractivity contribution in [2.75, 3.05) is 13.1 Å². The number of carbonyl (C=O) groups is 1. The number of benzene rings is 1. The normalized spacial score (nSPS) is 24.3. The van der Waals surface area contributed by atoms with Crippen LogP contribution in [-0.2, 0) is 0 Å². The minimum absolute atomic E-state index is 0.0978. The summed E-state index contributed by atoms with van der Waals surface area (Å²) in [6.07, 6.45) is 2.06. The van der Waals surface area contributed by atoms with E-state index in [0.29, 0.717) is 5.56 Å². The molecule has 1 aromatic rings. The zero-order valence-electron chi connectivity index (χ0n) is 10.7. The molecule has 0 amide bonds. The minimum Gasteiger partial charge on any atom is -0.478 e. The van der Waals surface area contributed by atoms with E-state index in [1.165, 1.54) is 0 Å². The van der Waals surface area contributed by atoms with Crippen molar-refractivity contribution in [1.29, 1.82) is 0 Å². The fraction of sp³-hybridized carbons (Fsp3) is 0.500. The molecule has 3 N–H and O–H groups in total. The third-order valence-electron chi connectivity index (χ3n) is 3.53. The van der Waals surface area contributed by atoms with Gasteiger partial charge in [-0.15, -0.1) is 0 Å². The number of carboxylic acid groups (broad SMARTS) is 1. The Balaban J connectivity index is 2.28. The van der Waals surface area contributed by atoms with Crippen molar-refractivity contribution < 1.29 is 9.90 Å². The summed E-state index contributed by atoms with van der Waals surface area (Å²) >= 11 is 0. The lowest BCUT2D eigenvalue weighted by Crippen LogP contribution is -2.32. The van der Waals surface area contributed by atoms with Crippen molar-refractivity contribution in [3.63, 3.8) is 0 Å². The molecule has 0 radical (unpaired) electrons. The molecule has 0 aromatic heterocycles. The van der Waals surface area contributed by atoms with E-state index < -0.39 is 5.97 Å². The van der Waals surface area contributed by atoms with Crippen molar-refractivity contribution in [3.05, 3.63) is 35.4 Å². The fourth-order valence-electron chi connectivity index (χ4n) is 2.73. The zero-order valence-corrected chi connectivity index (χ0v) is 10.7. The number of hydrogen-bond donors (Lipinski definition) is 2. The second kappa shape index (κ2) is 5.50. The molecule has 0 bridgehead atoms. The number of nitrogens with zero attached hydrogens (tertiary/aromatic N) is 1. The molecule has 1 saturated heterocycles. The third kappa shape index (κ3) is 2.54. The lowest BCUT2D eigenvalue weighted by molar-refractivity contribution is 0.0696. The van der Waals surface area contributed by atoms with Crippen LogP contribution in [0.25, 0.3) is 0 Å². The average molecular weight is 248 g/mol. The number of nitrogens with two attached hydrogens (primary N) is 1. The standard InChI is InChI=1S/C14H20N2O2/c1-2-7-16-8-6-12(15)13(16)10-4-3-5-11(9-10)14(17)18/h3-5,9,12-13H,2,6-8,15H2,1H3,(H,17,18). The molecule has 1 aliphatic heterocycles. The Labute approximate surface area is 107 Å². The van der Waals surface area contributed by atoms with Gasteiger partial charge in [-0.1, -0.05) is 19.1 Å². The summed E-state index contributed by atoms with van der Waals surface area (Å²) in [6.45, 7) is 4.15. The Morgan fingerprint density at radius 2 is 2.33 bits per heavy atom. The molecule has 2 atom stereocenters. The second-order valence-corrected chi connectivity index (χ2v) is 4.86. The van der Waals surface area contributed by atoms with Crippen molar-refractivity contribution in [1.82, 2.24) is 4.90 Å². The molecule has 1 aliphatic rings. The van der Waals surface area contributed by atoms with Gasteiger partial charge in [-0.25, -0.2) is 4.79 Å². The van der Waals surface area contributed by atoms with Crippen molar-refractivity contribution >= 4 is 5.97 Å². The van der Waals surface area contributed by atoms with Crippen LogP contribution in [0.3, 0.4) is 0 Å². The molecule has 1 heterocycles. The van der Waals surface area contributed by atoms with E-state index in [1.807, 2.05) is 6.07 Å². The van der Waals surface area contributed by atoms with E-state index >= 15 is 0 Å². The summed E-state index contributed by atoms with van der Waals surface area (Å²) in [5.41, 5.74) is 7.53. The first-order chi connectivity index (χ1) is 8.63. The largest absolute Gasteiger partial charge is 0.478 e. The summed E-state index contributed by atoms with van der Waals surface area (Å²) in [6, 6.07) is 7.40. The highest BCUT2D eigenvalue weighted by atomic mass is 16.4. The highest BCUT2D eigenvalue weighted by molar-refractivity contribution is 5.87. The van der Waals surface area contributed by atoms with Gasteiger partial charge >= 0.3 is 5.97 Å². The van der Waals surface area contributed by atoms with Gasteiger partial charge in [0, 0.05) is 18.6 Å². The van der Waals surface area contributed by atoms with E-state index in [1.54, 1.807) is 18.2 Å². The first kappa shape index (κ1) is 13.1. The molecule has 1 aromatic carbocycles. The summed E-state index contributed by atoms with van der Waals surface area (Å²) < 4.78 is 0. The fourth-order valence-corrected chi connectivity index (χ4v) is 2.73. The van der Waals surface area contributed by atoms with Crippen LogP contribution in [0.4, 0.5) is 0 Å². The second-order valence-electron chi connectivity index (χ2n) is 4.86. The maximum atomic E-state index is 11.0. The lowest BCUT2D eigenvalue weighted by Gasteiger charge is -2.26. The number of hydrogen-bond acceptors (Lipinski definition) is 3. The molecule has 1 fully saturated rings. The first-order valence-electron chi connectivity index (χ1n) is 6.46. The summed E-state index contributed by atoms with van der Waals surface area (Å²) in [5, 5.41) is 9.04. The molecular formula is C14H20N2O2. The van der Waals surface area contributed by atoms with E-state index in [0.717, 1.165) is 31.5 Å². The molecule has 0 aliphatic carbocycles. The highest BCUT2D eigenvalue weighted by Crippen LogP contribution is 2.31. The van der Waals surface area contributed by atoms with Gasteiger partial charge in [-0.3, -0.25) is 4.90 Å².